The van der Waals surface area contributed by atoms with Crippen molar-refractivity contribution in [3.05, 3.63) is 0 Å². The van der Waals surface area contributed by atoms with Crippen LogP contribution in [0.4, 0.5) is 0 Å². The van der Waals surface area contributed by atoms with E-state index < -0.39 is 0 Å². The number of hydrogen-bond acceptors (Lipinski definition) is 0. The van der Waals surface area contributed by atoms with E-state index in [1.54, 1.807) is 0 Å². The maximum absolute atomic E-state index is 6.10. The minimum atomic E-state index is -0.0702. The van der Waals surface area contributed by atoms with Gasteiger partial charge in [-0.15, -0.1) is 46.4 Å². The zero-order valence-corrected chi connectivity index (χ0v) is 10.00. The van der Waals surface area contributed by atoms with Gasteiger partial charge in [0.1, 0.15) is 0 Å². The Labute approximate surface area is 93.5 Å². The van der Waals surface area contributed by atoms with Crippen molar-refractivity contribution in [3.63, 3.8) is 0 Å². The molecule has 0 aromatic heterocycles. The lowest BCUT2D eigenvalue weighted by atomic mass is 9.82. The highest BCUT2D eigenvalue weighted by atomic mass is 35.5. The van der Waals surface area contributed by atoms with Gasteiger partial charge in [-0.05, 0) is 11.8 Å². The second-order valence-corrected chi connectivity index (χ2v) is 5.51. The minimum absolute atomic E-state index is 0.0702. The molecule has 4 unspecified atom stereocenters. The second-order valence-electron chi connectivity index (χ2n) is 3.50. The maximum Gasteiger partial charge on any atom is 0.0543 e. The lowest BCUT2D eigenvalue weighted by Crippen LogP contribution is -2.47. The smallest absolute Gasteiger partial charge is 0.0543 e. The van der Waals surface area contributed by atoms with Crippen molar-refractivity contribution in [2.45, 2.75) is 35.4 Å². The number of alkyl halides is 4. The van der Waals surface area contributed by atoms with Gasteiger partial charge in [0.2, 0.25) is 0 Å². The SMILES string of the molecule is CC1C(Cl)C(Cl)C(C)C(Cl)C1Cl. The fourth-order valence-electron chi connectivity index (χ4n) is 1.51. The fourth-order valence-corrected chi connectivity index (χ4v) is 3.20. The molecule has 1 saturated carbocycles. The average Bonchev–Trinajstić information content (AvgIpc) is 2.08. The van der Waals surface area contributed by atoms with Crippen LogP contribution in [0.5, 0.6) is 0 Å². The second kappa shape index (κ2) is 4.13. The predicted molar refractivity (Wildman–Crippen MR) is 56.9 cm³/mol. The summed E-state index contributed by atoms with van der Waals surface area (Å²) in [6.07, 6.45) is 0. The van der Waals surface area contributed by atoms with Gasteiger partial charge < -0.3 is 0 Å². The van der Waals surface area contributed by atoms with Gasteiger partial charge in [0.25, 0.3) is 0 Å². The summed E-state index contributed by atoms with van der Waals surface area (Å²) in [7, 11) is 0. The highest BCUT2D eigenvalue weighted by Crippen LogP contribution is 2.41. The molecule has 0 aromatic rings. The summed E-state index contributed by atoms with van der Waals surface area (Å²) in [6.45, 7) is 3.98. The molecule has 0 aliphatic heterocycles. The molecule has 0 N–H and O–H groups in total. The van der Waals surface area contributed by atoms with Crippen LogP contribution in [-0.2, 0) is 0 Å². The summed E-state index contributed by atoms with van der Waals surface area (Å²) < 4.78 is 0. The first-order valence-corrected chi connectivity index (χ1v) is 5.77. The van der Waals surface area contributed by atoms with Crippen molar-refractivity contribution in [2.24, 2.45) is 11.8 Å². The molecule has 1 aliphatic rings. The Bertz CT molecular complexity index is 103. The first-order chi connectivity index (χ1) is 5.46. The molecule has 1 rings (SSSR count). The van der Waals surface area contributed by atoms with Crippen molar-refractivity contribution in [1.29, 1.82) is 0 Å². The van der Waals surface area contributed by atoms with Crippen LogP contribution in [0.25, 0.3) is 0 Å². The summed E-state index contributed by atoms with van der Waals surface area (Å²) in [5.41, 5.74) is 0. The van der Waals surface area contributed by atoms with Gasteiger partial charge in [-0.1, -0.05) is 13.8 Å². The highest BCUT2D eigenvalue weighted by Gasteiger charge is 2.44. The molecule has 12 heavy (non-hydrogen) atoms. The van der Waals surface area contributed by atoms with Crippen LogP contribution in [0.1, 0.15) is 13.8 Å². The topological polar surface area (TPSA) is 0 Å². The van der Waals surface area contributed by atoms with Gasteiger partial charge in [0, 0.05) is 0 Å². The molecule has 72 valence electrons. The van der Waals surface area contributed by atoms with Gasteiger partial charge in [0.15, 0.2) is 0 Å². The zero-order valence-electron chi connectivity index (χ0n) is 6.98. The Morgan fingerprint density at radius 3 is 0.917 bits per heavy atom. The van der Waals surface area contributed by atoms with E-state index in [-0.39, 0.29) is 33.3 Å². The summed E-state index contributed by atoms with van der Waals surface area (Å²) in [5.74, 6) is 0.351. The molecular weight excluding hydrogens is 238 g/mol. The van der Waals surface area contributed by atoms with Crippen LogP contribution >= 0.6 is 46.4 Å². The van der Waals surface area contributed by atoms with Crippen molar-refractivity contribution in [2.75, 3.05) is 0 Å². The molecule has 1 aliphatic carbocycles. The molecule has 0 bridgehead atoms. The third-order valence-electron chi connectivity index (χ3n) is 2.62. The maximum atomic E-state index is 6.10. The fraction of sp³-hybridized carbons (Fsp3) is 1.00. The number of hydrogen-bond donors (Lipinski definition) is 0. The molecule has 0 radical (unpaired) electrons. The van der Waals surface area contributed by atoms with Gasteiger partial charge in [-0.2, -0.15) is 0 Å². The molecule has 0 nitrogen and oxygen atoms in total. The quantitative estimate of drug-likeness (QED) is 0.575. The van der Waals surface area contributed by atoms with E-state index in [1.165, 1.54) is 0 Å². The Balaban J connectivity index is 2.76. The minimum Gasteiger partial charge on any atom is -0.121 e. The Hall–Kier alpha value is 1.16. The van der Waals surface area contributed by atoms with E-state index in [0.29, 0.717) is 0 Å². The zero-order chi connectivity index (χ0) is 9.46. The van der Waals surface area contributed by atoms with E-state index >= 15 is 0 Å². The first kappa shape index (κ1) is 11.2. The Morgan fingerprint density at radius 2 is 0.750 bits per heavy atom. The molecule has 0 spiro atoms. The average molecular weight is 250 g/mol. The third kappa shape index (κ3) is 1.82. The van der Waals surface area contributed by atoms with Crippen LogP contribution in [0.3, 0.4) is 0 Å². The standard InChI is InChI=1S/C8H12Cl4/c1-3-5(9)7(11)4(2)8(12)6(3)10/h3-8H,1-2H3. The Morgan fingerprint density at radius 1 is 0.583 bits per heavy atom. The highest BCUT2D eigenvalue weighted by molar-refractivity contribution is 6.35. The molecule has 4 atom stereocenters. The van der Waals surface area contributed by atoms with Gasteiger partial charge >= 0.3 is 0 Å². The molecule has 0 aromatic carbocycles. The van der Waals surface area contributed by atoms with Crippen molar-refractivity contribution >= 4 is 46.4 Å². The molecule has 4 heteroatoms. The van der Waals surface area contributed by atoms with Crippen molar-refractivity contribution < 1.29 is 0 Å². The Kier molecular flexibility index (Phi) is 3.86. The van der Waals surface area contributed by atoms with Crippen LogP contribution < -0.4 is 0 Å². The largest absolute Gasteiger partial charge is 0.121 e. The van der Waals surface area contributed by atoms with Gasteiger partial charge in [-0.3, -0.25) is 0 Å². The van der Waals surface area contributed by atoms with E-state index in [2.05, 4.69) is 0 Å². The number of halogens is 4. The first-order valence-electron chi connectivity index (χ1n) is 4.03. The molecular formula is C8H12Cl4. The molecule has 0 amide bonds. The van der Waals surface area contributed by atoms with E-state index in [1.807, 2.05) is 13.8 Å². The summed E-state index contributed by atoms with van der Waals surface area (Å²) >= 11 is 24.4. The van der Waals surface area contributed by atoms with Crippen LogP contribution in [-0.4, -0.2) is 21.5 Å². The summed E-state index contributed by atoms with van der Waals surface area (Å²) in [5, 5.41) is -0.281. The summed E-state index contributed by atoms with van der Waals surface area (Å²) in [6, 6.07) is 0. The van der Waals surface area contributed by atoms with Crippen LogP contribution in [0, 0.1) is 11.8 Å². The van der Waals surface area contributed by atoms with E-state index in [4.69, 9.17) is 46.4 Å². The predicted octanol–water partition coefficient (Wildman–Crippen LogP) is 3.70. The number of rotatable bonds is 0. The molecule has 0 saturated heterocycles. The molecule has 1 fully saturated rings. The van der Waals surface area contributed by atoms with E-state index in [9.17, 15) is 0 Å². The van der Waals surface area contributed by atoms with Crippen molar-refractivity contribution in [1.82, 2.24) is 0 Å². The molecule has 0 heterocycles. The van der Waals surface area contributed by atoms with Crippen molar-refractivity contribution in [3.8, 4) is 0 Å². The summed E-state index contributed by atoms with van der Waals surface area (Å²) in [4.78, 5) is 0. The third-order valence-corrected chi connectivity index (χ3v) is 5.55. The van der Waals surface area contributed by atoms with Gasteiger partial charge in [-0.25, -0.2) is 0 Å². The lowest BCUT2D eigenvalue weighted by Gasteiger charge is -2.40. The normalized spacial score (nSPS) is 55.5. The van der Waals surface area contributed by atoms with Crippen LogP contribution in [0.15, 0.2) is 0 Å². The van der Waals surface area contributed by atoms with Crippen LogP contribution in [0.2, 0.25) is 0 Å². The van der Waals surface area contributed by atoms with E-state index in [0.717, 1.165) is 0 Å². The van der Waals surface area contributed by atoms with Gasteiger partial charge in [0.05, 0.1) is 21.5 Å². The lowest BCUT2D eigenvalue weighted by molar-refractivity contribution is 0.333. The monoisotopic (exact) mass is 248 g/mol.